The largest absolute Gasteiger partial charge is 0.497 e. The van der Waals surface area contributed by atoms with Crippen LogP contribution >= 0.6 is 0 Å². The van der Waals surface area contributed by atoms with E-state index in [0.717, 1.165) is 11.3 Å². The molecule has 8 nitrogen and oxygen atoms in total. The molecular formula is C24H30O8. The Balaban J connectivity index is 1.28. The lowest BCUT2D eigenvalue weighted by molar-refractivity contribution is -0.297. The lowest BCUT2D eigenvalue weighted by Gasteiger charge is -2.48. The van der Waals surface area contributed by atoms with Crippen LogP contribution in [0.3, 0.4) is 0 Å². The summed E-state index contributed by atoms with van der Waals surface area (Å²) in [6, 6.07) is 7.58. The molecule has 10 atom stereocenters. The van der Waals surface area contributed by atoms with Crippen molar-refractivity contribution in [3.05, 3.63) is 54.6 Å². The molecular weight excluding hydrogens is 416 g/mol. The summed E-state index contributed by atoms with van der Waals surface area (Å²) in [5, 5.41) is 21.0. The minimum absolute atomic E-state index is 0.265. The number of aliphatic hydroxyl groups excluding tert-OH is 2. The van der Waals surface area contributed by atoms with Crippen molar-refractivity contribution in [3.63, 3.8) is 0 Å². The molecule has 0 saturated carbocycles. The lowest BCUT2D eigenvalue weighted by Crippen LogP contribution is -2.63. The van der Waals surface area contributed by atoms with Crippen molar-refractivity contribution < 1.29 is 38.6 Å². The monoisotopic (exact) mass is 446 g/mol. The standard InChI is InChI=1S/C24H30O8/c1-3-4-17-21(25)22(26)23-19(29-17)11-18-15(31-23)9-10-16-20(30-18)12-28-24(32-16)13-5-7-14(27-2)8-6-13/h3,5-10,15-26H,1,4,11-12H2,2H3/t15-,16+,17+,18+,19-,20-,21+,22-,23-,24-/m1/s1. The molecule has 0 spiro atoms. The summed E-state index contributed by atoms with van der Waals surface area (Å²) in [4.78, 5) is 0. The van der Waals surface area contributed by atoms with Crippen LogP contribution < -0.4 is 4.74 Å². The quantitative estimate of drug-likeness (QED) is 0.675. The maximum Gasteiger partial charge on any atom is 0.184 e. The van der Waals surface area contributed by atoms with Gasteiger partial charge in [-0.3, -0.25) is 0 Å². The smallest absolute Gasteiger partial charge is 0.184 e. The highest BCUT2D eigenvalue weighted by atomic mass is 16.7. The van der Waals surface area contributed by atoms with E-state index in [4.69, 9.17) is 28.4 Å². The van der Waals surface area contributed by atoms with E-state index in [1.54, 1.807) is 13.2 Å². The van der Waals surface area contributed by atoms with Crippen LogP contribution in [-0.2, 0) is 23.7 Å². The number of hydrogen-bond acceptors (Lipinski definition) is 8. The maximum absolute atomic E-state index is 10.6. The maximum atomic E-state index is 10.6. The molecule has 8 heteroatoms. The Morgan fingerprint density at radius 1 is 0.969 bits per heavy atom. The normalized spacial score (nSPS) is 43.3. The van der Waals surface area contributed by atoms with E-state index in [9.17, 15) is 10.2 Å². The van der Waals surface area contributed by atoms with Gasteiger partial charge in [-0.05, 0) is 18.6 Å². The number of methoxy groups -OCH3 is 1. The van der Waals surface area contributed by atoms with Gasteiger partial charge in [0.2, 0.25) is 0 Å². The van der Waals surface area contributed by atoms with E-state index < -0.39 is 30.7 Å². The van der Waals surface area contributed by atoms with Gasteiger partial charge in [0, 0.05) is 12.0 Å². The van der Waals surface area contributed by atoms with Crippen molar-refractivity contribution in [2.75, 3.05) is 13.7 Å². The second-order valence-electron chi connectivity index (χ2n) is 8.66. The SMILES string of the molecule is C=CC[C@@H]1O[C@@H]2C[C@@H]3O[C@@H]4CO[C@@H](c5ccc(OC)cc5)O[C@H]4C=C[C@H]3O[C@H]2[C@H](O)[C@H]1O. The Labute approximate surface area is 187 Å². The third kappa shape index (κ3) is 4.12. The first-order valence-corrected chi connectivity index (χ1v) is 11.1. The molecule has 32 heavy (non-hydrogen) atoms. The summed E-state index contributed by atoms with van der Waals surface area (Å²) < 4.78 is 35.9. The zero-order valence-electron chi connectivity index (χ0n) is 18.0. The van der Waals surface area contributed by atoms with Crippen LogP contribution in [0.5, 0.6) is 5.75 Å². The predicted molar refractivity (Wildman–Crippen MR) is 113 cm³/mol. The molecule has 3 saturated heterocycles. The number of rotatable bonds is 4. The highest BCUT2D eigenvalue weighted by molar-refractivity contribution is 5.28. The average molecular weight is 446 g/mol. The van der Waals surface area contributed by atoms with E-state index >= 15 is 0 Å². The van der Waals surface area contributed by atoms with Gasteiger partial charge in [0.05, 0.1) is 32.0 Å². The van der Waals surface area contributed by atoms with Crippen LogP contribution in [0.15, 0.2) is 49.1 Å². The van der Waals surface area contributed by atoms with Gasteiger partial charge < -0.3 is 38.6 Å². The molecule has 0 aromatic heterocycles. The molecule has 4 heterocycles. The van der Waals surface area contributed by atoms with E-state index in [1.807, 2.05) is 36.4 Å². The van der Waals surface area contributed by atoms with E-state index in [-0.39, 0.29) is 30.5 Å². The van der Waals surface area contributed by atoms with Crippen LogP contribution in [-0.4, -0.2) is 78.9 Å². The average Bonchev–Trinajstić information content (AvgIpc) is 3.00. The Morgan fingerprint density at radius 2 is 1.72 bits per heavy atom. The number of fused-ring (bicyclic) bond motifs is 3. The molecule has 4 aliphatic rings. The molecule has 1 aromatic rings. The molecule has 174 valence electrons. The molecule has 0 aliphatic carbocycles. The Kier molecular flexibility index (Phi) is 6.35. The van der Waals surface area contributed by atoms with Crippen molar-refractivity contribution in [2.45, 2.75) is 74.1 Å². The zero-order valence-corrected chi connectivity index (χ0v) is 18.0. The molecule has 2 N–H and O–H groups in total. The zero-order chi connectivity index (χ0) is 22.2. The van der Waals surface area contributed by atoms with Crippen molar-refractivity contribution in [2.24, 2.45) is 0 Å². The summed E-state index contributed by atoms with van der Waals surface area (Å²) >= 11 is 0. The van der Waals surface area contributed by atoms with Crippen molar-refractivity contribution in [1.82, 2.24) is 0 Å². The number of aliphatic hydroxyl groups is 2. The summed E-state index contributed by atoms with van der Waals surface area (Å²) in [5.41, 5.74) is 0.903. The third-order valence-corrected chi connectivity index (χ3v) is 6.61. The second kappa shape index (κ2) is 9.23. The summed E-state index contributed by atoms with van der Waals surface area (Å²) in [7, 11) is 1.63. The predicted octanol–water partition coefficient (Wildman–Crippen LogP) is 1.66. The molecule has 0 unspecified atom stereocenters. The Bertz CT molecular complexity index is 826. The van der Waals surface area contributed by atoms with E-state index in [1.165, 1.54) is 0 Å². The van der Waals surface area contributed by atoms with Gasteiger partial charge in [-0.2, -0.15) is 0 Å². The minimum Gasteiger partial charge on any atom is -0.497 e. The third-order valence-electron chi connectivity index (χ3n) is 6.61. The number of ether oxygens (including phenoxy) is 6. The molecule has 0 bridgehead atoms. The highest BCUT2D eigenvalue weighted by Gasteiger charge is 2.51. The summed E-state index contributed by atoms with van der Waals surface area (Å²) in [6.07, 6.45) is 1.29. The fraction of sp³-hybridized carbons (Fsp3) is 0.583. The number of benzene rings is 1. The van der Waals surface area contributed by atoms with Gasteiger partial charge in [-0.15, -0.1) is 6.58 Å². The van der Waals surface area contributed by atoms with Gasteiger partial charge >= 0.3 is 0 Å². The van der Waals surface area contributed by atoms with Gasteiger partial charge in [0.25, 0.3) is 0 Å². The topological polar surface area (TPSA) is 95.8 Å². The van der Waals surface area contributed by atoms with Crippen molar-refractivity contribution in [1.29, 1.82) is 0 Å². The lowest BCUT2D eigenvalue weighted by atomic mass is 9.87. The first-order chi connectivity index (χ1) is 15.6. The van der Waals surface area contributed by atoms with Gasteiger partial charge in [-0.25, -0.2) is 0 Å². The van der Waals surface area contributed by atoms with E-state index in [0.29, 0.717) is 19.4 Å². The molecule has 5 rings (SSSR count). The van der Waals surface area contributed by atoms with Crippen LogP contribution in [0.4, 0.5) is 0 Å². The van der Waals surface area contributed by atoms with Crippen LogP contribution in [0.25, 0.3) is 0 Å². The van der Waals surface area contributed by atoms with Crippen LogP contribution in [0, 0.1) is 0 Å². The van der Waals surface area contributed by atoms with Gasteiger partial charge in [0.15, 0.2) is 6.29 Å². The van der Waals surface area contributed by atoms with Crippen LogP contribution in [0.1, 0.15) is 24.7 Å². The number of hydrogen-bond donors (Lipinski definition) is 2. The Hall–Kier alpha value is -1.78. The summed E-state index contributed by atoms with van der Waals surface area (Å²) in [6.45, 7) is 4.09. The molecule has 3 fully saturated rings. The first kappa shape index (κ1) is 22.0. The molecule has 1 aromatic carbocycles. The molecule has 4 aliphatic heterocycles. The Morgan fingerprint density at radius 3 is 2.44 bits per heavy atom. The second-order valence-corrected chi connectivity index (χ2v) is 8.66. The van der Waals surface area contributed by atoms with Gasteiger partial charge in [0.1, 0.15) is 42.4 Å². The van der Waals surface area contributed by atoms with Crippen molar-refractivity contribution in [3.8, 4) is 5.75 Å². The van der Waals surface area contributed by atoms with Crippen LogP contribution in [0.2, 0.25) is 0 Å². The van der Waals surface area contributed by atoms with E-state index in [2.05, 4.69) is 6.58 Å². The highest BCUT2D eigenvalue weighted by Crippen LogP contribution is 2.38. The fourth-order valence-corrected chi connectivity index (χ4v) is 4.88. The molecule has 0 radical (unpaired) electrons. The first-order valence-electron chi connectivity index (χ1n) is 11.1. The molecule has 0 amide bonds. The van der Waals surface area contributed by atoms with Crippen molar-refractivity contribution >= 4 is 0 Å². The fourth-order valence-electron chi connectivity index (χ4n) is 4.88. The van der Waals surface area contributed by atoms with Gasteiger partial charge in [-0.1, -0.05) is 30.4 Å². The minimum atomic E-state index is -1.03. The summed E-state index contributed by atoms with van der Waals surface area (Å²) in [5.74, 6) is 0.771.